The van der Waals surface area contributed by atoms with Crippen LogP contribution in [0.15, 0.2) is 24.5 Å². The fourth-order valence-corrected chi connectivity index (χ4v) is 0.722. The van der Waals surface area contributed by atoms with Crippen LogP contribution >= 0.6 is 0 Å². The summed E-state index contributed by atoms with van der Waals surface area (Å²) in [5.41, 5.74) is 5.38. The molecule has 11 heavy (non-hydrogen) atoms. The third kappa shape index (κ3) is 2.25. The first-order valence-electron chi connectivity index (χ1n) is 3.01. The third-order valence-electron chi connectivity index (χ3n) is 1.11. The number of hydrogen-bond donors (Lipinski definition) is 1. The van der Waals surface area contributed by atoms with E-state index in [-0.39, 0.29) is 0 Å². The lowest BCUT2D eigenvalue weighted by molar-refractivity contribution is -0.605. The highest BCUT2D eigenvalue weighted by Gasteiger charge is 2.00. The van der Waals surface area contributed by atoms with E-state index < -0.39 is 5.91 Å². The van der Waals surface area contributed by atoms with Crippen molar-refractivity contribution in [2.45, 2.75) is 0 Å². The van der Waals surface area contributed by atoms with Gasteiger partial charge in [0.15, 0.2) is 12.4 Å². The summed E-state index contributed by atoms with van der Waals surface area (Å²) in [5.74, 6) is -0.559. The van der Waals surface area contributed by atoms with Crippen molar-refractivity contribution in [3.05, 3.63) is 41.7 Å². The summed E-state index contributed by atoms with van der Waals surface area (Å²) < 4.78 is 0.606. The van der Waals surface area contributed by atoms with Crippen molar-refractivity contribution < 1.29 is 9.52 Å². The summed E-state index contributed by atoms with van der Waals surface area (Å²) in [6.07, 6.45) is 3.79. The van der Waals surface area contributed by atoms with Crippen LogP contribution in [0.2, 0.25) is 0 Å². The summed E-state index contributed by atoms with van der Waals surface area (Å²) in [6.45, 7) is 0. The van der Waals surface area contributed by atoms with Gasteiger partial charge in [-0.3, -0.25) is 4.79 Å². The van der Waals surface area contributed by atoms with Gasteiger partial charge in [0.1, 0.15) is 0 Å². The zero-order valence-corrected chi connectivity index (χ0v) is 5.73. The van der Waals surface area contributed by atoms with Crippen molar-refractivity contribution in [3.63, 3.8) is 0 Å². The second kappa shape index (κ2) is 3.01. The topological polar surface area (TPSA) is 70.0 Å². The van der Waals surface area contributed by atoms with E-state index in [9.17, 15) is 10.0 Å². The molecule has 4 nitrogen and oxygen atoms in total. The van der Waals surface area contributed by atoms with Crippen LogP contribution in [0.1, 0.15) is 5.56 Å². The van der Waals surface area contributed by atoms with Crippen LogP contribution in [0.5, 0.6) is 0 Å². The molecule has 1 radical (unpaired) electrons. The van der Waals surface area contributed by atoms with Crippen molar-refractivity contribution in [1.82, 2.24) is 0 Å². The molecule has 1 aromatic heterocycles. The standard InChI is InChI=1S/C7H7N2O2/c8-7(10)4-6-2-1-3-9(11)5-6/h1-5H,(H2,8,10). The molecule has 1 heterocycles. The number of amides is 1. The molecule has 57 valence electrons. The van der Waals surface area contributed by atoms with E-state index in [0.29, 0.717) is 10.3 Å². The molecule has 0 fully saturated rings. The van der Waals surface area contributed by atoms with Crippen molar-refractivity contribution in [2.75, 3.05) is 0 Å². The van der Waals surface area contributed by atoms with Crippen LogP contribution in [-0.4, -0.2) is 5.91 Å². The summed E-state index contributed by atoms with van der Waals surface area (Å²) in [5, 5.41) is 10.6. The Morgan fingerprint density at radius 1 is 1.73 bits per heavy atom. The van der Waals surface area contributed by atoms with Crippen LogP contribution < -0.4 is 10.5 Å². The Morgan fingerprint density at radius 3 is 3.00 bits per heavy atom. The highest BCUT2D eigenvalue weighted by Crippen LogP contribution is 1.96. The number of pyridine rings is 1. The van der Waals surface area contributed by atoms with E-state index in [0.717, 1.165) is 0 Å². The Labute approximate surface area is 63.8 Å². The van der Waals surface area contributed by atoms with Crippen molar-refractivity contribution in [2.24, 2.45) is 5.73 Å². The second-order valence-electron chi connectivity index (χ2n) is 2.04. The number of carbonyl (C=O) groups excluding carboxylic acids is 1. The molecule has 0 bridgehead atoms. The van der Waals surface area contributed by atoms with Crippen molar-refractivity contribution in [1.29, 1.82) is 0 Å². The number of aromatic nitrogens is 1. The minimum atomic E-state index is -0.559. The van der Waals surface area contributed by atoms with Gasteiger partial charge in [-0.15, -0.1) is 0 Å². The first-order valence-corrected chi connectivity index (χ1v) is 3.01. The molecule has 0 unspecified atom stereocenters. The zero-order chi connectivity index (χ0) is 8.27. The Morgan fingerprint density at radius 2 is 2.45 bits per heavy atom. The maximum Gasteiger partial charge on any atom is 0.226 e. The van der Waals surface area contributed by atoms with Gasteiger partial charge in [0.05, 0.1) is 6.42 Å². The molecule has 0 atom stereocenters. The molecular formula is C7H7N2O2. The molecule has 0 saturated heterocycles. The molecule has 0 aliphatic heterocycles. The molecule has 0 aromatic carbocycles. The lowest BCUT2D eigenvalue weighted by atomic mass is 10.2. The van der Waals surface area contributed by atoms with Gasteiger partial charge in [-0.2, -0.15) is 4.73 Å². The first kappa shape index (κ1) is 7.53. The Bertz CT molecular complexity index is 273. The van der Waals surface area contributed by atoms with Crippen molar-refractivity contribution in [3.8, 4) is 0 Å². The number of carbonyl (C=O) groups is 1. The number of hydrogen-bond acceptors (Lipinski definition) is 2. The quantitative estimate of drug-likeness (QED) is 0.451. The highest BCUT2D eigenvalue weighted by molar-refractivity contribution is 5.86. The van der Waals surface area contributed by atoms with Gasteiger partial charge in [-0.05, 0) is 6.07 Å². The van der Waals surface area contributed by atoms with Crippen LogP contribution in [0, 0.1) is 11.6 Å². The normalized spacial score (nSPS) is 9.45. The van der Waals surface area contributed by atoms with Gasteiger partial charge in [0, 0.05) is 11.6 Å². The lowest BCUT2D eigenvalue weighted by Crippen LogP contribution is -2.25. The van der Waals surface area contributed by atoms with E-state index in [1.165, 1.54) is 18.8 Å². The average Bonchev–Trinajstić information content (AvgIpc) is 1.85. The van der Waals surface area contributed by atoms with Crippen LogP contribution in [-0.2, 0) is 4.79 Å². The van der Waals surface area contributed by atoms with Crippen LogP contribution in [0.25, 0.3) is 0 Å². The number of primary amides is 1. The number of rotatable bonds is 2. The molecule has 2 N–H and O–H groups in total. The monoisotopic (exact) mass is 151 g/mol. The Balaban J connectivity index is 2.79. The van der Waals surface area contributed by atoms with E-state index in [2.05, 4.69) is 0 Å². The molecule has 4 heteroatoms. The third-order valence-corrected chi connectivity index (χ3v) is 1.11. The van der Waals surface area contributed by atoms with E-state index in [4.69, 9.17) is 5.73 Å². The van der Waals surface area contributed by atoms with Gasteiger partial charge in [0.25, 0.3) is 0 Å². The molecule has 0 spiro atoms. The maximum atomic E-state index is 10.6. The lowest BCUT2D eigenvalue weighted by Gasteiger charge is -1.96. The van der Waals surface area contributed by atoms with Gasteiger partial charge >= 0.3 is 0 Å². The molecule has 0 aliphatic carbocycles. The summed E-state index contributed by atoms with van der Waals surface area (Å²) in [7, 11) is 0. The number of nitrogens with two attached hydrogens (primary N) is 1. The predicted molar refractivity (Wildman–Crippen MR) is 38.0 cm³/mol. The molecule has 1 amide bonds. The smallest absolute Gasteiger partial charge is 0.226 e. The average molecular weight is 151 g/mol. The predicted octanol–water partition coefficient (Wildman–Crippen LogP) is -0.642. The minimum absolute atomic E-state index is 0.509. The summed E-state index contributed by atoms with van der Waals surface area (Å²) >= 11 is 0. The van der Waals surface area contributed by atoms with Crippen LogP contribution in [0.3, 0.4) is 0 Å². The molecular weight excluding hydrogens is 144 g/mol. The highest BCUT2D eigenvalue weighted by atomic mass is 16.5. The first-order chi connectivity index (χ1) is 5.18. The molecule has 0 aliphatic rings. The van der Waals surface area contributed by atoms with E-state index in [1.807, 2.05) is 0 Å². The molecule has 1 aromatic rings. The molecule has 0 saturated carbocycles. The van der Waals surface area contributed by atoms with Gasteiger partial charge in [0.2, 0.25) is 5.91 Å². The maximum absolute atomic E-state index is 10.6. The zero-order valence-electron chi connectivity index (χ0n) is 5.73. The molecule has 1 rings (SSSR count). The van der Waals surface area contributed by atoms with Crippen molar-refractivity contribution >= 4 is 5.91 Å². The largest absolute Gasteiger partial charge is 0.619 e. The summed E-state index contributed by atoms with van der Waals surface area (Å²) in [6, 6.07) is 3.17. The van der Waals surface area contributed by atoms with Gasteiger partial charge < -0.3 is 10.9 Å². The van der Waals surface area contributed by atoms with E-state index >= 15 is 0 Å². The summed E-state index contributed by atoms with van der Waals surface area (Å²) in [4.78, 5) is 10.3. The van der Waals surface area contributed by atoms with Gasteiger partial charge in [-0.25, -0.2) is 0 Å². The second-order valence-corrected chi connectivity index (χ2v) is 2.04. The fourth-order valence-electron chi connectivity index (χ4n) is 0.722. The Kier molecular flexibility index (Phi) is 2.06. The fraction of sp³-hybridized carbons (Fsp3) is 0. The van der Waals surface area contributed by atoms with Gasteiger partial charge in [-0.1, -0.05) is 0 Å². The van der Waals surface area contributed by atoms with E-state index in [1.54, 1.807) is 12.1 Å². The Hall–Kier alpha value is -1.58. The van der Waals surface area contributed by atoms with Crippen LogP contribution in [0.4, 0.5) is 0 Å². The minimum Gasteiger partial charge on any atom is -0.619 e. The number of nitrogens with zero attached hydrogens (tertiary/aromatic N) is 1. The SMILES string of the molecule is NC(=O)[CH]c1ccc[n+]([O-])c1.